The van der Waals surface area contributed by atoms with Gasteiger partial charge < -0.3 is 20.1 Å². The highest BCUT2D eigenvalue weighted by molar-refractivity contribution is 7.47. The van der Waals surface area contributed by atoms with E-state index in [-0.39, 0.29) is 38.6 Å². The Kier molecular flexibility index (Phi) is 37.1. The number of esters is 2. The average Bonchev–Trinajstić information content (AvgIpc) is 3.11. The van der Waals surface area contributed by atoms with Gasteiger partial charge in [-0.2, -0.15) is 0 Å². The van der Waals surface area contributed by atoms with Crippen molar-refractivity contribution in [1.82, 2.24) is 0 Å². The summed E-state index contributed by atoms with van der Waals surface area (Å²) in [6.45, 7) is 3.70. The van der Waals surface area contributed by atoms with E-state index in [0.717, 1.165) is 51.4 Å². The van der Waals surface area contributed by atoms with Crippen molar-refractivity contribution >= 4 is 19.8 Å². The van der Waals surface area contributed by atoms with Crippen LogP contribution in [0.3, 0.4) is 0 Å². The molecule has 51 heavy (non-hydrogen) atoms. The van der Waals surface area contributed by atoms with E-state index in [1.165, 1.54) is 109 Å². The molecular formula is C41H78NO8P. The molecule has 10 heteroatoms. The maximum Gasteiger partial charge on any atom is 0.472 e. The number of carbonyl (C=O) groups excluding carboxylic acids is 2. The van der Waals surface area contributed by atoms with Gasteiger partial charge in [-0.15, -0.1) is 0 Å². The molecule has 0 bridgehead atoms. The predicted octanol–water partition coefficient (Wildman–Crippen LogP) is 11.6. The topological polar surface area (TPSA) is 134 Å². The van der Waals surface area contributed by atoms with E-state index < -0.39 is 26.5 Å². The van der Waals surface area contributed by atoms with Crippen molar-refractivity contribution in [3.05, 3.63) is 24.3 Å². The van der Waals surface area contributed by atoms with E-state index in [9.17, 15) is 19.0 Å². The first kappa shape index (κ1) is 49.5. The Balaban J connectivity index is 4.17. The molecule has 0 aromatic rings. The van der Waals surface area contributed by atoms with Crippen molar-refractivity contribution in [2.75, 3.05) is 26.4 Å². The molecule has 9 nitrogen and oxygen atoms in total. The molecule has 0 spiro atoms. The molecule has 0 saturated carbocycles. The van der Waals surface area contributed by atoms with Gasteiger partial charge in [-0.25, -0.2) is 4.57 Å². The van der Waals surface area contributed by atoms with Crippen LogP contribution < -0.4 is 5.73 Å². The van der Waals surface area contributed by atoms with E-state index >= 15 is 0 Å². The molecule has 300 valence electrons. The molecule has 0 aromatic carbocycles. The Bertz CT molecular complexity index is 897. The lowest BCUT2D eigenvalue weighted by atomic mass is 10.0. The van der Waals surface area contributed by atoms with Gasteiger partial charge in [-0.3, -0.25) is 18.6 Å². The summed E-state index contributed by atoms with van der Waals surface area (Å²) < 4.78 is 32.7. The molecular weight excluding hydrogens is 665 g/mol. The second-order valence-corrected chi connectivity index (χ2v) is 15.3. The third-order valence-electron chi connectivity index (χ3n) is 8.84. The first-order valence-corrected chi connectivity index (χ1v) is 22.3. The molecule has 0 aliphatic carbocycles. The van der Waals surface area contributed by atoms with Crippen molar-refractivity contribution in [2.45, 2.75) is 200 Å². The summed E-state index contributed by atoms with van der Waals surface area (Å²) in [6.07, 6.45) is 39.1. The van der Waals surface area contributed by atoms with Crippen LogP contribution in [0.15, 0.2) is 24.3 Å². The Morgan fingerprint density at radius 3 is 1.53 bits per heavy atom. The molecule has 0 radical (unpaired) electrons. The summed E-state index contributed by atoms with van der Waals surface area (Å²) in [5.74, 6) is -0.832. The lowest BCUT2D eigenvalue weighted by molar-refractivity contribution is -0.161. The van der Waals surface area contributed by atoms with Crippen LogP contribution in [0.4, 0.5) is 0 Å². The molecule has 0 amide bonds. The largest absolute Gasteiger partial charge is 0.472 e. The second kappa shape index (κ2) is 38.2. The normalized spacial score (nSPS) is 13.6. The molecule has 0 aromatic heterocycles. The maximum atomic E-state index is 12.6. The molecule has 3 N–H and O–H groups in total. The minimum absolute atomic E-state index is 0.0534. The molecule has 0 rings (SSSR count). The quantitative estimate of drug-likeness (QED) is 0.0273. The van der Waals surface area contributed by atoms with Crippen molar-refractivity contribution in [2.24, 2.45) is 5.73 Å². The number of phosphoric ester groups is 1. The van der Waals surface area contributed by atoms with Crippen molar-refractivity contribution in [3.8, 4) is 0 Å². The molecule has 0 aliphatic rings. The standard InChI is InChI=1S/C41H78NO8P/c1-3-5-7-9-11-13-15-17-18-19-20-22-24-26-28-30-32-34-41(44)50-39(38-49-51(45,46)48-36-35-42)37-47-40(43)33-31-29-27-25-23-21-16-14-12-10-8-6-4-2/h11,13,17-18,39H,3-10,12,14-16,19-38,42H2,1-2H3,(H,45,46). The molecule has 0 heterocycles. The second-order valence-electron chi connectivity index (χ2n) is 13.9. The summed E-state index contributed by atoms with van der Waals surface area (Å²) in [4.78, 5) is 34.8. The SMILES string of the molecule is CCCCCC=CCC=CCCCCCCCCCC(=O)OC(COC(=O)CCCCCCCCCCCCCCC)COP(=O)(O)OCCN. The number of phosphoric acid groups is 1. The van der Waals surface area contributed by atoms with E-state index in [4.69, 9.17) is 24.3 Å². The van der Waals surface area contributed by atoms with Crippen LogP contribution in [0.5, 0.6) is 0 Å². The van der Waals surface area contributed by atoms with Gasteiger partial charge >= 0.3 is 19.8 Å². The van der Waals surface area contributed by atoms with Gasteiger partial charge in [0.05, 0.1) is 13.2 Å². The fraction of sp³-hybridized carbons (Fsp3) is 0.854. The van der Waals surface area contributed by atoms with E-state index in [0.29, 0.717) is 6.42 Å². The van der Waals surface area contributed by atoms with Crippen LogP contribution in [-0.4, -0.2) is 49.3 Å². The zero-order valence-corrected chi connectivity index (χ0v) is 33.7. The molecule has 2 atom stereocenters. The minimum Gasteiger partial charge on any atom is -0.462 e. The van der Waals surface area contributed by atoms with Crippen molar-refractivity contribution in [1.29, 1.82) is 0 Å². The number of allylic oxidation sites excluding steroid dienone is 4. The predicted molar refractivity (Wildman–Crippen MR) is 211 cm³/mol. The summed E-state index contributed by atoms with van der Waals surface area (Å²) >= 11 is 0. The van der Waals surface area contributed by atoms with Gasteiger partial charge in [-0.1, -0.05) is 160 Å². The van der Waals surface area contributed by atoms with Crippen molar-refractivity contribution in [3.63, 3.8) is 0 Å². The summed E-state index contributed by atoms with van der Waals surface area (Å²) in [5, 5.41) is 0. The van der Waals surface area contributed by atoms with Crippen LogP contribution in [0.2, 0.25) is 0 Å². The Morgan fingerprint density at radius 1 is 0.588 bits per heavy atom. The van der Waals surface area contributed by atoms with Gasteiger partial charge in [-0.05, 0) is 44.9 Å². The molecule has 0 fully saturated rings. The maximum absolute atomic E-state index is 12.6. The third kappa shape index (κ3) is 38.0. The molecule has 0 saturated heterocycles. The van der Waals surface area contributed by atoms with Gasteiger partial charge in [0, 0.05) is 19.4 Å². The Labute approximate surface area is 312 Å². The molecule has 2 unspecified atom stereocenters. The zero-order valence-electron chi connectivity index (χ0n) is 32.8. The minimum atomic E-state index is -4.37. The van der Waals surface area contributed by atoms with Crippen LogP contribution in [0.1, 0.15) is 194 Å². The fourth-order valence-electron chi connectivity index (χ4n) is 5.72. The first-order chi connectivity index (χ1) is 24.8. The van der Waals surface area contributed by atoms with E-state index in [1.54, 1.807) is 0 Å². The zero-order chi connectivity index (χ0) is 37.5. The third-order valence-corrected chi connectivity index (χ3v) is 9.82. The average molecular weight is 744 g/mol. The van der Waals surface area contributed by atoms with Crippen LogP contribution >= 0.6 is 7.82 Å². The number of carbonyl (C=O) groups is 2. The van der Waals surface area contributed by atoms with Gasteiger partial charge in [0.1, 0.15) is 6.61 Å². The van der Waals surface area contributed by atoms with Crippen LogP contribution in [-0.2, 0) is 32.7 Å². The highest BCUT2D eigenvalue weighted by atomic mass is 31.2. The van der Waals surface area contributed by atoms with Crippen LogP contribution in [0.25, 0.3) is 0 Å². The number of nitrogens with two attached hydrogens (primary N) is 1. The first-order valence-electron chi connectivity index (χ1n) is 20.8. The smallest absolute Gasteiger partial charge is 0.462 e. The summed E-state index contributed by atoms with van der Waals surface area (Å²) in [7, 11) is -4.37. The van der Waals surface area contributed by atoms with Crippen molar-refractivity contribution < 1.29 is 37.6 Å². The number of hydrogen-bond acceptors (Lipinski definition) is 8. The number of rotatable bonds is 39. The lowest BCUT2D eigenvalue weighted by Crippen LogP contribution is -2.29. The van der Waals surface area contributed by atoms with Gasteiger partial charge in [0.25, 0.3) is 0 Å². The highest BCUT2D eigenvalue weighted by Gasteiger charge is 2.26. The number of hydrogen-bond donors (Lipinski definition) is 2. The lowest BCUT2D eigenvalue weighted by Gasteiger charge is -2.19. The number of ether oxygens (including phenoxy) is 2. The number of unbranched alkanes of at least 4 members (excludes halogenated alkanes) is 22. The highest BCUT2D eigenvalue weighted by Crippen LogP contribution is 2.43. The Hall–Kier alpha value is -1.51. The summed E-state index contributed by atoms with van der Waals surface area (Å²) in [6, 6.07) is 0. The summed E-state index contributed by atoms with van der Waals surface area (Å²) in [5.41, 5.74) is 5.34. The van der Waals surface area contributed by atoms with E-state index in [2.05, 4.69) is 38.2 Å². The van der Waals surface area contributed by atoms with Crippen LogP contribution in [0, 0.1) is 0 Å². The van der Waals surface area contributed by atoms with Gasteiger partial charge in [0.15, 0.2) is 6.10 Å². The molecule has 0 aliphatic heterocycles. The fourth-order valence-corrected chi connectivity index (χ4v) is 6.49. The van der Waals surface area contributed by atoms with E-state index in [1.807, 2.05) is 0 Å². The van der Waals surface area contributed by atoms with Gasteiger partial charge in [0.2, 0.25) is 0 Å². The monoisotopic (exact) mass is 744 g/mol. The Morgan fingerprint density at radius 2 is 1.02 bits per heavy atom.